The number of hydrogen-bond donors (Lipinski definition) is 1. The van der Waals surface area contributed by atoms with Crippen LogP contribution in [-0.2, 0) is 14.8 Å². The largest absolute Gasteiger partial charge is 0.493 e. The minimum atomic E-state index is -4.22. The van der Waals surface area contributed by atoms with E-state index < -0.39 is 28.3 Å². The fraction of sp³-hybridized carbons (Fsp3) is 0.136. The molecule has 0 saturated heterocycles. The van der Waals surface area contributed by atoms with E-state index in [0.29, 0.717) is 15.9 Å². The van der Waals surface area contributed by atoms with Crippen molar-refractivity contribution in [2.45, 2.75) is 4.90 Å². The highest BCUT2D eigenvalue weighted by molar-refractivity contribution is 9.10. The summed E-state index contributed by atoms with van der Waals surface area (Å²) in [6, 6.07) is 15.9. The zero-order valence-electron chi connectivity index (χ0n) is 17.2. The van der Waals surface area contributed by atoms with Crippen LogP contribution in [0.4, 0.5) is 15.8 Å². The van der Waals surface area contributed by atoms with Gasteiger partial charge in [0, 0.05) is 10.5 Å². The highest BCUT2D eigenvalue weighted by Crippen LogP contribution is 2.32. The summed E-state index contributed by atoms with van der Waals surface area (Å²) in [4.78, 5) is 12.6. The molecule has 3 rings (SSSR count). The van der Waals surface area contributed by atoms with Gasteiger partial charge >= 0.3 is 0 Å². The van der Waals surface area contributed by atoms with Gasteiger partial charge in [-0.25, -0.2) is 12.8 Å². The third kappa shape index (κ3) is 5.20. The van der Waals surface area contributed by atoms with Crippen molar-refractivity contribution in [2.75, 3.05) is 30.4 Å². The van der Waals surface area contributed by atoms with Gasteiger partial charge in [0.1, 0.15) is 12.4 Å². The van der Waals surface area contributed by atoms with Crippen molar-refractivity contribution in [2.24, 2.45) is 0 Å². The fourth-order valence-corrected chi connectivity index (χ4v) is 4.73. The van der Waals surface area contributed by atoms with Crippen molar-refractivity contribution in [3.05, 3.63) is 77.0 Å². The molecule has 0 heterocycles. The molecular weight excluding hydrogens is 503 g/mol. The van der Waals surface area contributed by atoms with Gasteiger partial charge in [-0.05, 0) is 64.5 Å². The molecule has 0 bridgehead atoms. The Bertz CT molecular complexity index is 1220. The van der Waals surface area contributed by atoms with Crippen LogP contribution in [0.15, 0.2) is 76.1 Å². The number of carbonyl (C=O) groups excluding carboxylic acids is 1. The molecule has 32 heavy (non-hydrogen) atoms. The molecule has 0 radical (unpaired) electrons. The molecule has 7 nitrogen and oxygen atoms in total. The molecule has 3 aromatic carbocycles. The lowest BCUT2D eigenvalue weighted by molar-refractivity contribution is -0.114. The summed E-state index contributed by atoms with van der Waals surface area (Å²) in [5.41, 5.74) is 0.614. The number of hydrogen-bond acceptors (Lipinski definition) is 5. The molecule has 0 saturated carbocycles. The molecular formula is C22H20BrFN2O5S. The quantitative estimate of drug-likeness (QED) is 0.472. The molecule has 0 spiro atoms. The molecule has 0 aliphatic heterocycles. The summed E-state index contributed by atoms with van der Waals surface area (Å²) in [6.07, 6.45) is 0. The molecule has 0 aliphatic rings. The third-order valence-corrected chi connectivity index (χ3v) is 6.95. The van der Waals surface area contributed by atoms with Gasteiger partial charge in [-0.3, -0.25) is 9.10 Å². The highest BCUT2D eigenvalue weighted by Gasteiger charge is 2.28. The van der Waals surface area contributed by atoms with E-state index in [4.69, 9.17) is 9.47 Å². The fourth-order valence-electron chi connectivity index (χ4n) is 2.91. The van der Waals surface area contributed by atoms with Gasteiger partial charge in [-0.2, -0.15) is 0 Å². The number of halogens is 2. The standard InChI is InChI=1S/C22H20BrFN2O5S/c1-30-20-12-11-17(13-21(20)31-2)32(28,29)26(16-9-7-15(24)8-10-16)14-22(27)25-19-6-4-3-5-18(19)23/h3-13H,14H2,1-2H3,(H,25,27). The summed E-state index contributed by atoms with van der Waals surface area (Å²) in [6.45, 7) is -0.538. The van der Waals surface area contributed by atoms with E-state index in [-0.39, 0.29) is 16.3 Å². The van der Waals surface area contributed by atoms with Crippen molar-refractivity contribution in [1.82, 2.24) is 0 Å². The SMILES string of the molecule is COc1ccc(S(=O)(=O)N(CC(=O)Nc2ccccc2Br)c2ccc(F)cc2)cc1OC. The van der Waals surface area contributed by atoms with Crippen LogP contribution in [0, 0.1) is 5.82 Å². The Kier molecular flexibility index (Phi) is 7.37. The second kappa shape index (κ2) is 10.0. The summed E-state index contributed by atoms with van der Waals surface area (Å²) in [7, 11) is -1.40. The van der Waals surface area contributed by atoms with Gasteiger partial charge in [-0.15, -0.1) is 0 Å². The van der Waals surface area contributed by atoms with Gasteiger partial charge in [0.15, 0.2) is 11.5 Å². The minimum absolute atomic E-state index is 0.117. The number of carbonyl (C=O) groups is 1. The summed E-state index contributed by atoms with van der Waals surface area (Å²) in [5.74, 6) is -0.545. The number of nitrogens with one attached hydrogen (secondary N) is 1. The number of methoxy groups -OCH3 is 2. The number of sulfonamides is 1. The molecule has 1 amide bonds. The molecule has 0 unspecified atom stereocenters. The Labute approximate surface area is 193 Å². The molecule has 3 aromatic rings. The Morgan fingerprint density at radius 2 is 1.66 bits per heavy atom. The maximum atomic E-state index is 13.5. The number of ether oxygens (including phenoxy) is 2. The maximum absolute atomic E-state index is 13.5. The Morgan fingerprint density at radius 3 is 2.28 bits per heavy atom. The van der Waals surface area contributed by atoms with E-state index in [1.54, 1.807) is 24.3 Å². The molecule has 168 valence electrons. The van der Waals surface area contributed by atoms with E-state index >= 15 is 0 Å². The summed E-state index contributed by atoms with van der Waals surface area (Å²) >= 11 is 3.34. The summed E-state index contributed by atoms with van der Waals surface area (Å²) < 4.78 is 52.3. The first-order valence-electron chi connectivity index (χ1n) is 9.31. The van der Waals surface area contributed by atoms with Crippen LogP contribution in [0.2, 0.25) is 0 Å². The second-order valence-corrected chi connectivity index (χ2v) is 9.25. The number of nitrogens with zero attached hydrogens (tertiary/aromatic N) is 1. The summed E-state index contributed by atoms with van der Waals surface area (Å²) in [5, 5.41) is 2.68. The molecule has 0 aromatic heterocycles. The lowest BCUT2D eigenvalue weighted by Gasteiger charge is -2.24. The van der Waals surface area contributed by atoms with Crippen LogP contribution >= 0.6 is 15.9 Å². The van der Waals surface area contributed by atoms with Crippen molar-refractivity contribution in [1.29, 1.82) is 0 Å². The first kappa shape index (κ1) is 23.6. The predicted octanol–water partition coefficient (Wildman–Crippen LogP) is 4.44. The number of anilines is 2. The minimum Gasteiger partial charge on any atom is -0.493 e. The smallest absolute Gasteiger partial charge is 0.264 e. The van der Waals surface area contributed by atoms with Crippen LogP contribution in [0.3, 0.4) is 0 Å². The Balaban J connectivity index is 2.00. The van der Waals surface area contributed by atoms with E-state index in [0.717, 1.165) is 16.4 Å². The first-order valence-corrected chi connectivity index (χ1v) is 11.5. The molecule has 0 fully saturated rings. The van der Waals surface area contributed by atoms with Gasteiger partial charge in [0.05, 0.1) is 30.5 Å². The lowest BCUT2D eigenvalue weighted by atomic mass is 10.3. The van der Waals surface area contributed by atoms with Crippen LogP contribution < -0.4 is 19.1 Å². The molecule has 0 atom stereocenters. The first-order chi connectivity index (χ1) is 15.3. The average Bonchev–Trinajstić information content (AvgIpc) is 2.79. The van der Waals surface area contributed by atoms with Crippen molar-refractivity contribution < 1.29 is 27.1 Å². The molecule has 1 N–H and O–H groups in total. The van der Waals surface area contributed by atoms with Gasteiger partial charge in [0.25, 0.3) is 10.0 Å². The van der Waals surface area contributed by atoms with E-state index in [1.807, 2.05) is 0 Å². The highest BCUT2D eigenvalue weighted by atomic mass is 79.9. The topological polar surface area (TPSA) is 84.9 Å². The monoisotopic (exact) mass is 522 g/mol. The van der Waals surface area contributed by atoms with Crippen LogP contribution in [0.5, 0.6) is 11.5 Å². The Hall–Kier alpha value is -3.11. The van der Waals surface area contributed by atoms with Crippen molar-refractivity contribution >= 4 is 43.2 Å². The number of benzene rings is 3. The van der Waals surface area contributed by atoms with Crippen molar-refractivity contribution in [3.8, 4) is 11.5 Å². The van der Waals surface area contributed by atoms with Crippen molar-refractivity contribution in [3.63, 3.8) is 0 Å². The number of amides is 1. The zero-order chi connectivity index (χ0) is 23.3. The molecule has 0 aliphatic carbocycles. The van der Waals surface area contributed by atoms with Crippen LogP contribution in [0.25, 0.3) is 0 Å². The maximum Gasteiger partial charge on any atom is 0.264 e. The number of para-hydroxylation sites is 1. The normalized spacial score (nSPS) is 11.0. The van der Waals surface area contributed by atoms with E-state index in [1.165, 1.54) is 44.6 Å². The van der Waals surface area contributed by atoms with Gasteiger partial charge in [-0.1, -0.05) is 12.1 Å². The second-order valence-electron chi connectivity index (χ2n) is 6.53. The van der Waals surface area contributed by atoms with E-state index in [9.17, 15) is 17.6 Å². The van der Waals surface area contributed by atoms with Gasteiger partial charge in [0.2, 0.25) is 5.91 Å². The zero-order valence-corrected chi connectivity index (χ0v) is 19.6. The third-order valence-electron chi connectivity index (χ3n) is 4.49. The van der Waals surface area contributed by atoms with E-state index in [2.05, 4.69) is 21.2 Å². The van der Waals surface area contributed by atoms with Gasteiger partial charge < -0.3 is 14.8 Å². The molecule has 10 heteroatoms. The number of rotatable bonds is 8. The Morgan fingerprint density at radius 1 is 1.00 bits per heavy atom. The lowest BCUT2D eigenvalue weighted by Crippen LogP contribution is -2.38. The van der Waals surface area contributed by atoms with Crippen LogP contribution in [0.1, 0.15) is 0 Å². The van der Waals surface area contributed by atoms with Crippen LogP contribution in [-0.4, -0.2) is 35.1 Å². The average molecular weight is 523 g/mol. The predicted molar refractivity (Wildman–Crippen MR) is 123 cm³/mol.